The van der Waals surface area contributed by atoms with E-state index in [-0.39, 0.29) is 11.4 Å². The lowest BCUT2D eigenvalue weighted by molar-refractivity contribution is -0.0295. The first-order valence-corrected chi connectivity index (χ1v) is 7.39. The molecule has 0 aliphatic carbocycles. The van der Waals surface area contributed by atoms with Crippen LogP contribution in [0.4, 0.5) is 24.5 Å². The number of carbonyl (C=O) groups is 1. The van der Waals surface area contributed by atoms with Crippen molar-refractivity contribution in [3.8, 4) is 6.07 Å². The molecule has 142 valence electrons. The van der Waals surface area contributed by atoms with Crippen LogP contribution in [0.15, 0.2) is 24.4 Å². The first-order valence-electron chi connectivity index (χ1n) is 7.39. The maximum Gasteiger partial charge on any atom is 0.277 e. The van der Waals surface area contributed by atoms with Crippen LogP contribution in [0.5, 0.6) is 0 Å². The number of rotatable bonds is 7. The summed E-state index contributed by atoms with van der Waals surface area (Å²) in [7, 11) is 0. The summed E-state index contributed by atoms with van der Waals surface area (Å²) < 4.78 is 41.3. The van der Waals surface area contributed by atoms with Crippen LogP contribution in [0, 0.1) is 28.8 Å². The zero-order valence-electron chi connectivity index (χ0n) is 13.5. The van der Waals surface area contributed by atoms with Crippen molar-refractivity contribution in [2.24, 2.45) is 0 Å². The maximum absolute atomic E-state index is 14.2. The van der Waals surface area contributed by atoms with E-state index in [9.17, 15) is 18.0 Å². The fourth-order valence-corrected chi connectivity index (χ4v) is 1.89. The highest BCUT2D eigenvalue weighted by Crippen LogP contribution is 2.28. The van der Waals surface area contributed by atoms with E-state index in [0.717, 1.165) is 6.20 Å². The van der Waals surface area contributed by atoms with Crippen LogP contribution in [0.2, 0.25) is 0 Å². The third-order valence-electron chi connectivity index (χ3n) is 3.21. The molecular weight excluding hydrogens is 369 g/mol. The SMILES string of the molecule is N#Cc1ccc(Nc2c(C(=O)NOCC(O)CO)cc(F)c(F)c2F)cn1. The van der Waals surface area contributed by atoms with Crippen LogP contribution in [-0.4, -0.2) is 40.4 Å². The second-order valence-electron chi connectivity index (χ2n) is 5.16. The molecule has 8 nitrogen and oxygen atoms in total. The zero-order valence-corrected chi connectivity index (χ0v) is 13.5. The van der Waals surface area contributed by atoms with Gasteiger partial charge in [0.2, 0.25) is 0 Å². The Morgan fingerprint density at radius 2 is 2.07 bits per heavy atom. The van der Waals surface area contributed by atoms with E-state index in [1.807, 2.05) is 5.48 Å². The number of halogens is 3. The fraction of sp³-hybridized carbons (Fsp3) is 0.188. The molecule has 4 N–H and O–H groups in total. The van der Waals surface area contributed by atoms with Crippen molar-refractivity contribution in [3.63, 3.8) is 0 Å². The molecule has 27 heavy (non-hydrogen) atoms. The number of hydrogen-bond acceptors (Lipinski definition) is 7. The Balaban J connectivity index is 2.30. The molecule has 0 aliphatic heterocycles. The minimum atomic E-state index is -1.80. The molecule has 0 fully saturated rings. The third kappa shape index (κ3) is 4.91. The van der Waals surface area contributed by atoms with Crippen LogP contribution in [0.25, 0.3) is 0 Å². The van der Waals surface area contributed by atoms with Crippen molar-refractivity contribution in [1.29, 1.82) is 5.26 Å². The van der Waals surface area contributed by atoms with E-state index in [1.165, 1.54) is 12.1 Å². The predicted octanol–water partition coefficient (Wildman–Crippen LogP) is 1.13. The van der Waals surface area contributed by atoms with Crippen molar-refractivity contribution in [2.45, 2.75) is 6.10 Å². The number of aliphatic hydroxyl groups excluding tert-OH is 2. The van der Waals surface area contributed by atoms with Gasteiger partial charge < -0.3 is 15.5 Å². The standard InChI is InChI=1S/C16H13F3N4O4/c17-12-3-11(16(26)23-27-7-10(25)6-24)15(14(19)13(12)18)22-9-2-1-8(4-20)21-5-9/h1-3,5,10,22,24-25H,6-7H2,(H,23,26). The Morgan fingerprint density at radius 3 is 2.67 bits per heavy atom. The predicted molar refractivity (Wildman–Crippen MR) is 85.1 cm³/mol. The van der Waals surface area contributed by atoms with Gasteiger partial charge in [-0.15, -0.1) is 0 Å². The summed E-state index contributed by atoms with van der Waals surface area (Å²) in [6, 6.07) is 4.84. The lowest BCUT2D eigenvalue weighted by Crippen LogP contribution is -2.30. The van der Waals surface area contributed by atoms with Gasteiger partial charge in [0.25, 0.3) is 5.91 Å². The van der Waals surface area contributed by atoms with Crippen LogP contribution in [-0.2, 0) is 4.84 Å². The molecule has 0 saturated carbocycles. The first kappa shape index (κ1) is 20.1. The number of amides is 1. The van der Waals surface area contributed by atoms with E-state index in [4.69, 9.17) is 15.5 Å². The van der Waals surface area contributed by atoms with E-state index < -0.39 is 53.9 Å². The van der Waals surface area contributed by atoms with E-state index >= 15 is 0 Å². The Hall–Kier alpha value is -3.20. The number of anilines is 2. The number of nitrogens with one attached hydrogen (secondary N) is 2. The summed E-state index contributed by atoms with van der Waals surface area (Å²) in [6.45, 7) is -1.12. The normalized spacial score (nSPS) is 11.6. The Morgan fingerprint density at radius 1 is 1.33 bits per heavy atom. The number of aromatic nitrogens is 1. The monoisotopic (exact) mass is 382 g/mol. The van der Waals surface area contributed by atoms with Crippen LogP contribution in [0.1, 0.15) is 16.1 Å². The van der Waals surface area contributed by atoms with Crippen LogP contribution in [0.3, 0.4) is 0 Å². The Bertz CT molecular complexity index is 871. The van der Waals surface area contributed by atoms with Crippen molar-refractivity contribution < 1.29 is 33.0 Å². The van der Waals surface area contributed by atoms with Gasteiger partial charge in [0.05, 0.1) is 29.7 Å². The molecule has 0 aliphatic rings. The van der Waals surface area contributed by atoms with Gasteiger partial charge >= 0.3 is 0 Å². The van der Waals surface area contributed by atoms with Gasteiger partial charge in [0.15, 0.2) is 17.5 Å². The van der Waals surface area contributed by atoms with Crippen molar-refractivity contribution >= 4 is 17.3 Å². The summed E-state index contributed by atoms with van der Waals surface area (Å²) >= 11 is 0. The molecule has 1 atom stereocenters. The van der Waals surface area contributed by atoms with Crippen molar-refractivity contribution in [1.82, 2.24) is 10.5 Å². The number of hydroxylamine groups is 1. The third-order valence-corrected chi connectivity index (χ3v) is 3.21. The maximum atomic E-state index is 14.2. The van der Waals surface area contributed by atoms with E-state index in [1.54, 1.807) is 6.07 Å². The fourth-order valence-electron chi connectivity index (χ4n) is 1.89. The lowest BCUT2D eigenvalue weighted by atomic mass is 10.1. The Labute approximate surface area is 150 Å². The summed E-state index contributed by atoms with van der Waals surface area (Å²) in [5, 5.41) is 28.9. The molecule has 0 spiro atoms. The summed E-state index contributed by atoms with van der Waals surface area (Å²) in [6.07, 6.45) is -0.149. The zero-order chi connectivity index (χ0) is 20.0. The average Bonchev–Trinajstić information content (AvgIpc) is 2.68. The highest BCUT2D eigenvalue weighted by molar-refractivity contribution is 6.00. The number of nitrogens with zero attached hydrogens (tertiary/aromatic N) is 2. The molecule has 11 heteroatoms. The minimum Gasteiger partial charge on any atom is -0.394 e. The molecule has 0 radical (unpaired) electrons. The minimum absolute atomic E-state index is 0.0696. The van der Waals surface area contributed by atoms with Gasteiger partial charge in [-0.1, -0.05) is 0 Å². The van der Waals surface area contributed by atoms with Crippen LogP contribution >= 0.6 is 0 Å². The topological polar surface area (TPSA) is 128 Å². The largest absolute Gasteiger partial charge is 0.394 e. The highest BCUT2D eigenvalue weighted by Gasteiger charge is 2.23. The first-order chi connectivity index (χ1) is 12.9. The molecular formula is C16H13F3N4O4. The molecule has 1 amide bonds. The van der Waals surface area contributed by atoms with Crippen molar-refractivity contribution in [3.05, 3.63) is 53.1 Å². The molecule has 1 unspecified atom stereocenters. The van der Waals surface area contributed by atoms with Gasteiger partial charge in [-0.3, -0.25) is 9.63 Å². The number of benzene rings is 1. The van der Waals surface area contributed by atoms with Gasteiger partial charge in [0.1, 0.15) is 24.5 Å². The molecule has 0 bridgehead atoms. The molecule has 0 saturated heterocycles. The number of hydrogen-bond donors (Lipinski definition) is 4. The van der Waals surface area contributed by atoms with Gasteiger partial charge in [-0.2, -0.15) is 5.26 Å². The molecule has 2 rings (SSSR count). The van der Waals surface area contributed by atoms with Gasteiger partial charge in [-0.05, 0) is 18.2 Å². The molecule has 2 aromatic rings. The van der Waals surface area contributed by atoms with Gasteiger partial charge in [-0.25, -0.2) is 23.6 Å². The summed E-state index contributed by atoms with van der Waals surface area (Å²) in [4.78, 5) is 20.5. The number of aliphatic hydroxyl groups is 2. The highest BCUT2D eigenvalue weighted by atomic mass is 19.2. The van der Waals surface area contributed by atoms with Crippen molar-refractivity contribution in [2.75, 3.05) is 18.5 Å². The molecule has 1 aromatic heterocycles. The Kier molecular flexibility index (Phi) is 6.67. The number of pyridine rings is 1. The number of carbonyl (C=O) groups excluding carboxylic acids is 1. The number of nitriles is 1. The lowest BCUT2D eigenvalue weighted by Gasteiger charge is -2.14. The quantitative estimate of drug-likeness (QED) is 0.417. The van der Waals surface area contributed by atoms with Crippen LogP contribution < -0.4 is 10.8 Å². The second kappa shape index (κ2) is 8.95. The second-order valence-corrected chi connectivity index (χ2v) is 5.16. The van der Waals surface area contributed by atoms with E-state index in [2.05, 4.69) is 15.1 Å². The van der Waals surface area contributed by atoms with E-state index in [0.29, 0.717) is 6.07 Å². The summed E-state index contributed by atoms with van der Waals surface area (Å²) in [5.74, 6) is -6.19. The average molecular weight is 382 g/mol. The molecule has 1 heterocycles. The summed E-state index contributed by atoms with van der Waals surface area (Å²) in [5.41, 5.74) is 0.668. The van der Waals surface area contributed by atoms with Gasteiger partial charge in [0, 0.05) is 0 Å². The smallest absolute Gasteiger partial charge is 0.277 e. The molecule has 1 aromatic carbocycles.